The average molecular weight is 502 g/mol. The van der Waals surface area contributed by atoms with E-state index in [2.05, 4.69) is 20.7 Å². The molecule has 1 aromatic carbocycles. The van der Waals surface area contributed by atoms with Crippen LogP contribution in [0.4, 0.5) is 4.79 Å². The smallest absolute Gasteiger partial charge is 0.343 e. The Morgan fingerprint density at radius 1 is 1.13 bits per heavy atom. The molecule has 1 aromatic rings. The van der Waals surface area contributed by atoms with Crippen molar-refractivity contribution in [3.05, 3.63) is 27.1 Å². The molecule has 1 aliphatic rings. The number of thioether (sulfide) groups is 1. The van der Waals surface area contributed by atoms with Crippen LogP contribution in [0, 0.1) is 0 Å². The van der Waals surface area contributed by atoms with Crippen LogP contribution in [0.5, 0.6) is 11.5 Å². The van der Waals surface area contributed by atoms with Gasteiger partial charge in [-0.25, -0.2) is 4.79 Å². The highest BCUT2D eigenvalue weighted by Crippen LogP contribution is 2.39. The zero-order chi connectivity index (χ0) is 22.3. The van der Waals surface area contributed by atoms with Crippen LogP contribution in [0.3, 0.4) is 0 Å². The van der Waals surface area contributed by atoms with Gasteiger partial charge < -0.3 is 18.9 Å². The molecule has 30 heavy (non-hydrogen) atoms. The van der Waals surface area contributed by atoms with Crippen LogP contribution in [0.15, 0.2) is 21.5 Å². The first-order valence-electron chi connectivity index (χ1n) is 8.87. The molecule has 9 nitrogen and oxygen atoms in total. The van der Waals surface area contributed by atoms with Gasteiger partial charge in [0.25, 0.3) is 11.1 Å². The van der Waals surface area contributed by atoms with E-state index in [9.17, 15) is 19.2 Å². The number of carbonyl (C=O) groups is 4. The number of halogens is 1. The Balaban J connectivity index is 2.27. The van der Waals surface area contributed by atoms with Crippen LogP contribution >= 0.6 is 27.7 Å². The third kappa shape index (κ3) is 5.99. The van der Waals surface area contributed by atoms with Gasteiger partial charge in [-0.15, -0.1) is 0 Å². The molecule has 0 radical (unpaired) electrons. The Morgan fingerprint density at radius 2 is 1.87 bits per heavy atom. The number of nitrogens with zero attached hydrogens (tertiary/aromatic N) is 1. The van der Waals surface area contributed by atoms with E-state index in [1.54, 1.807) is 26.0 Å². The molecule has 2 amide bonds. The first kappa shape index (κ1) is 23.7. The lowest BCUT2D eigenvalue weighted by atomic mass is 10.2. The van der Waals surface area contributed by atoms with E-state index in [1.165, 1.54) is 13.2 Å². The molecule has 1 fully saturated rings. The number of carbonyl (C=O) groups excluding carboxylic acids is 4. The fourth-order valence-corrected chi connectivity index (χ4v) is 3.80. The quantitative estimate of drug-likeness (QED) is 0.372. The Hall–Kier alpha value is -2.53. The number of rotatable bonds is 9. The second kappa shape index (κ2) is 11.0. The van der Waals surface area contributed by atoms with E-state index in [-0.39, 0.29) is 18.1 Å². The number of benzene rings is 1. The van der Waals surface area contributed by atoms with Crippen molar-refractivity contribution in [1.29, 1.82) is 0 Å². The van der Waals surface area contributed by atoms with E-state index < -0.39 is 29.6 Å². The second-order valence-electron chi connectivity index (χ2n) is 5.70. The Kier molecular flexibility index (Phi) is 8.72. The monoisotopic (exact) mass is 501 g/mol. The van der Waals surface area contributed by atoms with Gasteiger partial charge in [0.15, 0.2) is 18.1 Å². The van der Waals surface area contributed by atoms with Gasteiger partial charge in [0.05, 0.1) is 29.7 Å². The zero-order valence-corrected chi connectivity index (χ0v) is 19.0. The summed E-state index contributed by atoms with van der Waals surface area (Å²) >= 11 is 4.09. The summed E-state index contributed by atoms with van der Waals surface area (Å²) in [6.07, 6.45) is 1.51. The summed E-state index contributed by atoms with van der Waals surface area (Å²) in [7, 11) is 1.25. The summed E-state index contributed by atoms with van der Waals surface area (Å²) in [5.41, 5.74) is 0.553. The molecule has 0 saturated carbocycles. The zero-order valence-electron chi connectivity index (χ0n) is 16.6. The van der Waals surface area contributed by atoms with E-state index in [4.69, 9.17) is 14.2 Å². The van der Waals surface area contributed by atoms with Crippen molar-refractivity contribution in [3.8, 4) is 11.5 Å². The number of ether oxygens (including phenoxy) is 4. The molecular formula is C19H20BrNO8S. The molecule has 0 N–H and O–H groups in total. The molecule has 0 spiro atoms. The lowest BCUT2D eigenvalue weighted by molar-refractivity contribution is -0.146. The maximum absolute atomic E-state index is 12.5. The fraction of sp³-hybridized carbons (Fsp3) is 0.368. The van der Waals surface area contributed by atoms with Crippen LogP contribution in [0.2, 0.25) is 0 Å². The van der Waals surface area contributed by atoms with Crippen molar-refractivity contribution < 1.29 is 38.1 Å². The van der Waals surface area contributed by atoms with Crippen molar-refractivity contribution >= 4 is 56.9 Å². The van der Waals surface area contributed by atoms with Crippen molar-refractivity contribution in [2.75, 3.05) is 33.5 Å². The number of hydrogen-bond donors (Lipinski definition) is 0. The largest absolute Gasteiger partial charge is 0.490 e. The molecule has 1 heterocycles. The van der Waals surface area contributed by atoms with E-state index in [0.29, 0.717) is 28.1 Å². The summed E-state index contributed by atoms with van der Waals surface area (Å²) in [5, 5.41) is -0.554. The summed E-state index contributed by atoms with van der Waals surface area (Å²) < 4.78 is 20.9. The molecule has 0 bridgehead atoms. The van der Waals surface area contributed by atoms with Crippen LogP contribution in [0.25, 0.3) is 6.08 Å². The van der Waals surface area contributed by atoms with Crippen molar-refractivity contribution in [2.45, 2.75) is 13.8 Å². The molecule has 11 heteroatoms. The number of esters is 2. The molecule has 0 unspecified atom stereocenters. The minimum absolute atomic E-state index is 0.155. The van der Waals surface area contributed by atoms with Gasteiger partial charge in [-0.3, -0.25) is 19.3 Å². The molecule has 0 aromatic heterocycles. The molecule has 1 saturated heterocycles. The van der Waals surface area contributed by atoms with E-state index >= 15 is 0 Å². The van der Waals surface area contributed by atoms with Crippen molar-refractivity contribution in [2.24, 2.45) is 0 Å². The van der Waals surface area contributed by atoms with E-state index in [0.717, 1.165) is 16.7 Å². The predicted octanol–water partition coefficient (Wildman–Crippen LogP) is 3.00. The minimum atomic E-state index is -0.658. The topological polar surface area (TPSA) is 108 Å². The SMILES string of the molecule is CCOC(=O)CN1C(=O)S/C(=C\c2cc(Br)c(OCC(=O)OC)c(OCC)c2)C1=O. The summed E-state index contributed by atoms with van der Waals surface area (Å²) in [4.78, 5) is 48.6. The van der Waals surface area contributed by atoms with Gasteiger partial charge in [-0.05, 0) is 65.3 Å². The average Bonchev–Trinajstić information content (AvgIpc) is 2.95. The van der Waals surface area contributed by atoms with Gasteiger partial charge in [0.2, 0.25) is 0 Å². The maximum atomic E-state index is 12.5. The highest BCUT2D eigenvalue weighted by Gasteiger charge is 2.36. The first-order valence-corrected chi connectivity index (χ1v) is 10.5. The normalized spacial score (nSPS) is 14.8. The Labute approximate surface area is 185 Å². The molecule has 0 atom stereocenters. The Bertz CT molecular complexity index is 886. The molecule has 2 rings (SSSR count). The number of methoxy groups -OCH3 is 1. The summed E-state index contributed by atoms with van der Waals surface area (Å²) in [5.74, 6) is -1.15. The van der Waals surface area contributed by atoms with Crippen LogP contribution in [0.1, 0.15) is 19.4 Å². The lowest BCUT2D eigenvalue weighted by Gasteiger charge is -2.14. The number of hydrogen-bond acceptors (Lipinski definition) is 9. The number of imide groups is 1. The number of amides is 2. The van der Waals surface area contributed by atoms with Crippen LogP contribution < -0.4 is 9.47 Å². The lowest BCUT2D eigenvalue weighted by Crippen LogP contribution is -2.34. The second-order valence-corrected chi connectivity index (χ2v) is 7.55. The fourth-order valence-electron chi connectivity index (χ4n) is 2.39. The minimum Gasteiger partial charge on any atom is -0.490 e. The third-order valence-corrected chi connectivity index (χ3v) is 5.15. The van der Waals surface area contributed by atoms with E-state index in [1.807, 2.05) is 0 Å². The highest BCUT2D eigenvalue weighted by molar-refractivity contribution is 9.10. The highest BCUT2D eigenvalue weighted by atomic mass is 79.9. The molecule has 162 valence electrons. The standard InChI is InChI=1S/C19H20BrNO8S/c1-4-27-13-7-11(6-12(20)17(13)29-10-16(23)26-3)8-14-18(24)21(19(25)30-14)9-15(22)28-5-2/h6-8H,4-5,9-10H2,1-3H3/b14-8-. The van der Waals surface area contributed by atoms with Gasteiger partial charge in [-0.1, -0.05) is 0 Å². The van der Waals surface area contributed by atoms with Gasteiger partial charge >= 0.3 is 11.9 Å². The summed E-state index contributed by atoms with van der Waals surface area (Å²) in [6.45, 7) is 3.17. The van der Waals surface area contributed by atoms with Gasteiger partial charge in [-0.2, -0.15) is 0 Å². The molecule has 1 aliphatic heterocycles. The van der Waals surface area contributed by atoms with Crippen LogP contribution in [-0.2, 0) is 23.9 Å². The predicted molar refractivity (Wildman–Crippen MR) is 112 cm³/mol. The van der Waals surface area contributed by atoms with Gasteiger partial charge in [0, 0.05) is 0 Å². The summed E-state index contributed by atoms with van der Waals surface area (Å²) in [6, 6.07) is 3.26. The molecule has 0 aliphatic carbocycles. The Morgan fingerprint density at radius 3 is 2.50 bits per heavy atom. The molecular weight excluding hydrogens is 482 g/mol. The first-order chi connectivity index (χ1) is 14.3. The third-order valence-electron chi connectivity index (χ3n) is 3.66. The van der Waals surface area contributed by atoms with Crippen LogP contribution in [-0.4, -0.2) is 61.5 Å². The maximum Gasteiger partial charge on any atom is 0.343 e. The van der Waals surface area contributed by atoms with Crippen molar-refractivity contribution in [3.63, 3.8) is 0 Å². The van der Waals surface area contributed by atoms with Crippen molar-refractivity contribution in [1.82, 2.24) is 4.90 Å². The van der Waals surface area contributed by atoms with Gasteiger partial charge in [0.1, 0.15) is 6.54 Å².